The monoisotopic (exact) mass is 171 g/mol. The lowest BCUT2D eigenvalue weighted by Gasteiger charge is -2.23. The molecule has 3 heteroatoms. The highest BCUT2D eigenvalue weighted by atomic mass is 16.1. The van der Waals surface area contributed by atoms with Crippen molar-refractivity contribution in [3.63, 3.8) is 0 Å². The minimum absolute atomic E-state index is 0.0867. The molecule has 3 nitrogen and oxygen atoms in total. The van der Waals surface area contributed by atoms with Gasteiger partial charge in [-0.1, -0.05) is 6.58 Å². The van der Waals surface area contributed by atoms with Crippen LogP contribution in [0.3, 0.4) is 0 Å². The van der Waals surface area contributed by atoms with E-state index in [2.05, 4.69) is 33.0 Å². The molecule has 0 rings (SSSR count). The van der Waals surface area contributed by atoms with Gasteiger partial charge in [0.2, 0.25) is 5.91 Å². The number of hydrogen-bond donors (Lipinski definition) is 1. The summed E-state index contributed by atoms with van der Waals surface area (Å²) in [7, 11) is 6.40. The van der Waals surface area contributed by atoms with Crippen LogP contribution < -0.4 is 5.32 Å². The fraction of sp³-hybridized carbons (Fsp3) is 0.667. The smallest absolute Gasteiger partial charge is 0.243 e. The van der Waals surface area contributed by atoms with E-state index in [4.69, 9.17) is 0 Å². The second-order valence-corrected chi connectivity index (χ2v) is 3.86. The van der Waals surface area contributed by atoms with Gasteiger partial charge < -0.3 is 9.80 Å². The van der Waals surface area contributed by atoms with Gasteiger partial charge in [-0.3, -0.25) is 4.79 Å². The Bertz CT molecular complexity index is 158. The van der Waals surface area contributed by atoms with Gasteiger partial charge in [-0.2, -0.15) is 0 Å². The van der Waals surface area contributed by atoms with Gasteiger partial charge in [0.25, 0.3) is 0 Å². The van der Waals surface area contributed by atoms with Gasteiger partial charge in [0.05, 0.1) is 27.7 Å². The first kappa shape index (κ1) is 11.2. The van der Waals surface area contributed by atoms with Gasteiger partial charge in [-0.05, 0) is 6.08 Å². The number of nitrogens with one attached hydrogen (secondary N) is 1. The second kappa shape index (κ2) is 4.93. The van der Waals surface area contributed by atoms with E-state index in [9.17, 15) is 4.79 Å². The summed E-state index contributed by atoms with van der Waals surface area (Å²) >= 11 is 0. The lowest BCUT2D eigenvalue weighted by Crippen LogP contribution is -2.37. The number of carbonyl (C=O) groups excluding carboxylic acids is 1. The molecule has 0 bridgehead atoms. The zero-order chi connectivity index (χ0) is 9.61. The number of nitrogens with zero attached hydrogens (tertiary/aromatic N) is 1. The average Bonchev–Trinajstić information content (AvgIpc) is 1.96. The Balaban J connectivity index is 3.34. The Morgan fingerprint density at radius 2 is 2.08 bits per heavy atom. The van der Waals surface area contributed by atoms with Crippen LogP contribution in [-0.2, 0) is 4.79 Å². The number of amides is 1. The minimum atomic E-state index is -0.0867. The number of carbonyl (C=O) groups is 1. The maximum Gasteiger partial charge on any atom is 0.243 e. The first-order valence-corrected chi connectivity index (χ1v) is 4.16. The molecule has 1 amide bonds. The molecular weight excluding hydrogens is 152 g/mol. The Labute approximate surface area is 74.7 Å². The zero-order valence-corrected chi connectivity index (χ0v) is 8.26. The normalized spacial score (nSPS) is 10.9. The molecule has 0 fully saturated rings. The van der Waals surface area contributed by atoms with E-state index in [0.29, 0.717) is 0 Å². The summed E-state index contributed by atoms with van der Waals surface area (Å²) < 4.78 is 0.934. The van der Waals surface area contributed by atoms with E-state index in [1.807, 2.05) is 0 Å². The maximum absolute atomic E-state index is 10.7. The van der Waals surface area contributed by atoms with Crippen LogP contribution in [0.5, 0.6) is 0 Å². The zero-order valence-electron chi connectivity index (χ0n) is 8.26. The summed E-state index contributed by atoms with van der Waals surface area (Å²) in [5.74, 6) is -0.0867. The first-order valence-electron chi connectivity index (χ1n) is 4.16. The minimum Gasteiger partial charge on any atom is -0.352 e. The Hall–Kier alpha value is -0.830. The summed E-state index contributed by atoms with van der Waals surface area (Å²) in [6, 6.07) is 0. The first-order chi connectivity index (χ1) is 5.45. The van der Waals surface area contributed by atoms with E-state index < -0.39 is 0 Å². The second-order valence-electron chi connectivity index (χ2n) is 3.86. The highest BCUT2D eigenvalue weighted by molar-refractivity contribution is 5.86. The van der Waals surface area contributed by atoms with Gasteiger partial charge in [0.1, 0.15) is 0 Å². The summed E-state index contributed by atoms with van der Waals surface area (Å²) in [5.41, 5.74) is 0. The van der Waals surface area contributed by atoms with Crippen LogP contribution >= 0.6 is 0 Å². The molecule has 12 heavy (non-hydrogen) atoms. The quantitative estimate of drug-likeness (QED) is 0.362. The highest BCUT2D eigenvalue weighted by Gasteiger charge is 2.05. The van der Waals surface area contributed by atoms with Crippen LogP contribution in [0.15, 0.2) is 12.7 Å². The molecule has 0 aliphatic carbocycles. The summed E-state index contributed by atoms with van der Waals surface area (Å²) in [5, 5.41) is 2.74. The molecule has 0 radical (unpaired) electrons. The Morgan fingerprint density at radius 3 is 2.50 bits per heavy atom. The predicted octanol–water partition coefficient (Wildman–Crippen LogP) is 0.385. The highest BCUT2D eigenvalue weighted by Crippen LogP contribution is 1.91. The fourth-order valence-electron chi connectivity index (χ4n) is 0.837. The third-order valence-corrected chi connectivity index (χ3v) is 1.49. The SMILES string of the molecule is C=CC(=O)NCCC[N+](C)(C)C. The third-order valence-electron chi connectivity index (χ3n) is 1.49. The average molecular weight is 171 g/mol. The number of rotatable bonds is 5. The molecule has 0 aromatic rings. The number of quaternary nitrogens is 1. The summed E-state index contributed by atoms with van der Waals surface area (Å²) in [6.45, 7) is 5.18. The molecule has 1 N–H and O–H groups in total. The molecule has 0 aromatic carbocycles. The molecule has 0 heterocycles. The van der Waals surface area contributed by atoms with Crippen molar-refractivity contribution < 1.29 is 9.28 Å². The fourth-order valence-corrected chi connectivity index (χ4v) is 0.837. The summed E-state index contributed by atoms with van der Waals surface area (Å²) in [6.07, 6.45) is 2.30. The van der Waals surface area contributed by atoms with Crippen LogP contribution in [0, 0.1) is 0 Å². The van der Waals surface area contributed by atoms with Gasteiger partial charge in [-0.25, -0.2) is 0 Å². The van der Waals surface area contributed by atoms with Crippen molar-refractivity contribution in [1.29, 1.82) is 0 Å². The molecule has 0 spiro atoms. The molecule has 0 atom stereocenters. The maximum atomic E-state index is 10.7. The van der Waals surface area contributed by atoms with E-state index in [0.717, 1.165) is 24.0 Å². The van der Waals surface area contributed by atoms with Crippen LogP contribution in [0.2, 0.25) is 0 Å². The van der Waals surface area contributed by atoms with Crippen molar-refractivity contribution in [2.45, 2.75) is 6.42 Å². The molecule has 0 saturated carbocycles. The Kier molecular flexibility index (Phi) is 4.59. The summed E-state index contributed by atoms with van der Waals surface area (Å²) in [4.78, 5) is 10.7. The van der Waals surface area contributed by atoms with Crippen LogP contribution in [0.25, 0.3) is 0 Å². The van der Waals surface area contributed by atoms with E-state index in [1.165, 1.54) is 6.08 Å². The lowest BCUT2D eigenvalue weighted by molar-refractivity contribution is -0.870. The molecular formula is C9H19N2O+. The van der Waals surface area contributed by atoms with E-state index >= 15 is 0 Å². The largest absolute Gasteiger partial charge is 0.352 e. The van der Waals surface area contributed by atoms with Gasteiger partial charge in [0.15, 0.2) is 0 Å². The Morgan fingerprint density at radius 1 is 1.50 bits per heavy atom. The van der Waals surface area contributed by atoms with Crippen LogP contribution in [0.1, 0.15) is 6.42 Å². The molecule has 70 valence electrons. The molecule has 0 saturated heterocycles. The van der Waals surface area contributed by atoms with Crippen molar-refractivity contribution in [2.75, 3.05) is 34.2 Å². The third kappa shape index (κ3) is 7.28. The van der Waals surface area contributed by atoms with Crippen molar-refractivity contribution >= 4 is 5.91 Å². The molecule has 0 unspecified atom stereocenters. The number of hydrogen-bond acceptors (Lipinski definition) is 1. The van der Waals surface area contributed by atoms with Crippen LogP contribution in [0.4, 0.5) is 0 Å². The van der Waals surface area contributed by atoms with Crippen molar-refractivity contribution in [1.82, 2.24) is 5.32 Å². The standard InChI is InChI=1S/C9H18N2O/c1-5-9(12)10-7-6-8-11(2,3)4/h5H,1,6-8H2,2-4H3/p+1. The van der Waals surface area contributed by atoms with Crippen molar-refractivity contribution in [3.05, 3.63) is 12.7 Å². The van der Waals surface area contributed by atoms with Crippen LogP contribution in [-0.4, -0.2) is 44.6 Å². The van der Waals surface area contributed by atoms with E-state index in [-0.39, 0.29) is 5.91 Å². The van der Waals surface area contributed by atoms with Gasteiger partial charge in [0, 0.05) is 13.0 Å². The van der Waals surface area contributed by atoms with Crippen molar-refractivity contribution in [2.24, 2.45) is 0 Å². The van der Waals surface area contributed by atoms with Gasteiger partial charge in [-0.15, -0.1) is 0 Å². The predicted molar refractivity (Wildman–Crippen MR) is 50.7 cm³/mol. The molecule has 0 aliphatic rings. The molecule has 0 aliphatic heterocycles. The lowest BCUT2D eigenvalue weighted by atomic mass is 10.3. The topological polar surface area (TPSA) is 29.1 Å². The van der Waals surface area contributed by atoms with Gasteiger partial charge >= 0.3 is 0 Å². The van der Waals surface area contributed by atoms with E-state index in [1.54, 1.807) is 0 Å². The molecule has 0 aromatic heterocycles. The van der Waals surface area contributed by atoms with Crippen molar-refractivity contribution in [3.8, 4) is 0 Å².